The Morgan fingerprint density at radius 3 is 2.93 bits per heavy atom. The molecule has 0 unspecified atom stereocenters. The molecule has 8 nitrogen and oxygen atoms in total. The molecule has 1 saturated heterocycles. The lowest BCUT2D eigenvalue weighted by molar-refractivity contribution is -0.117. The Labute approximate surface area is 172 Å². The highest BCUT2D eigenvalue weighted by Gasteiger charge is 2.20. The van der Waals surface area contributed by atoms with Crippen LogP contribution in [0.3, 0.4) is 0 Å². The fraction of sp³-hybridized carbons (Fsp3) is 0.524. The van der Waals surface area contributed by atoms with E-state index in [9.17, 15) is 4.79 Å². The minimum atomic E-state index is -0.113. The van der Waals surface area contributed by atoms with Gasteiger partial charge in [-0.15, -0.1) is 0 Å². The monoisotopic (exact) mass is 397 g/mol. The lowest BCUT2D eigenvalue weighted by Gasteiger charge is -2.32. The molecule has 29 heavy (non-hydrogen) atoms. The smallest absolute Gasteiger partial charge is 0.249 e. The van der Waals surface area contributed by atoms with Crippen LogP contribution in [0.15, 0.2) is 40.2 Å². The Morgan fingerprint density at radius 1 is 1.31 bits per heavy atom. The number of rotatable bonds is 4. The van der Waals surface area contributed by atoms with Gasteiger partial charge in [0.05, 0.1) is 12.2 Å². The number of hydrogen-bond donors (Lipinski definition) is 3. The van der Waals surface area contributed by atoms with Crippen LogP contribution in [0, 0.1) is 5.92 Å². The molecule has 3 rings (SSSR count). The number of likely N-dealkylation sites (N-methyl/N-ethyl adjacent to an activating group) is 1. The fourth-order valence-corrected chi connectivity index (χ4v) is 3.73. The normalized spacial score (nSPS) is 23.0. The van der Waals surface area contributed by atoms with E-state index in [0.29, 0.717) is 24.0 Å². The maximum Gasteiger partial charge on any atom is 0.249 e. The summed E-state index contributed by atoms with van der Waals surface area (Å²) in [6.45, 7) is 6.25. The molecule has 0 aliphatic carbocycles. The summed E-state index contributed by atoms with van der Waals surface area (Å²) >= 11 is 0. The van der Waals surface area contributed by atoms with E-state index in [1.54, 1.807) is 19.5 Å². The summed E-state index contributed by atoms with van der Waals surface area (Å²) in [5.74, 6) is 1.86. The second kappa shape index (κ2) is 9.65. The predicted molar refractivity (Wildman–Crippen MR) is 117 cm³/mol. The van der Waals surface area contributed by atoms with Gasteiger partial charge < -0.3 is 21.3 Å². The van der Waals surface area contributed by atoms with Crippen molar-refractivity contribution < 1.29 is 4.79 Å². The average Bonchev–Trinajstić information content (AvgIpc) is 2.86. The number of nitrogens with two attached hydrogens (primary N) is 1. The van der Waals surface area contributed by atoms with Crippen molar-refractivity contribution >= 4 is 23.9 Å². The Morgan fingerprint density at radius 2 is 2.14 bits per heavy atom. The fourth-order valence-electron chi connectivity index (χ4n) is 3.73. The number of amides is 1. The van der Waals surface area contributed by atoms with Gasteiger partial charge in [0, 0.05) is 44.2 Å². The lowest BCUT2D eigenvalue weighted by atomic mass is 9.98. The third-order valence-electron chi connectivity index (χ3n) is 5.31. The first-order chi connectivity index (χ1) is 14.0. The first-order valence-corrected chi connectivity index (χ1v) is 10.2. The van der Waals surface area contributed by atoms with Gasteiger partial charge in [-0.1, -0.05) is 13.3 Å². The number of anilines is 2. The van der Waals surface area contributed by atoms with Crippen LogP contribution in [0.1, 0.15) is 33.1 Å². The third kappa shape index (κ3) is 5.63. The number of nitrogens with zero attached hydrogens (tertiary/aromatic N) is 4. The second-order valence-electron chi connectivity index (χ2n) is 7.87. The molecule has 1 amide bonds. The number of carbonyl (C=O) groups excluding carboxylic acids is 1. The molecule has 0 radical (unpaired) electrons. The maximum absolute atomic E-state index is 12.0. The van der Waals surface area contributed by atoms with Gasteiger partial charge in [0.25, 0.3) is 0 Å². The van der Waals surface area contributed by atoms with Gasteiger partial charge in [-0.3, -0.25) is 9.79 Å². The molecule has 0 saturated carbocycles. The van der Waals surface area contributed by atoms with Gasteiger partial charge in [0.2, 0.25) is 11.9 Å². The van der Waals surface area contributed by atoms with Crippen molar-refractivity contribution in [1.29, 1.82) is 0 Å². The Kier molecular flexibility index (Phi) is 6.98. The predicted octanol–water partition coefficient (Wildman–Crippen LogP) is 1.87. The van der Waals surface area contributed by atoms with Crippen molar-refractivity contribution in [2.75, 3.05) is 36.9 Å². The number of aromatic nitrogens is 2. The van der Waals surface area contributed by atoms with E-state index in [0.717, 1.165) is 36.6 Å². The molecule has 156 valence electrons. The molecule has 1 aromatic heterocycles. The Bertz CT molecular complexity index is 818. The van der Waals surface area contributed by atoms with Gasteiger partial charge in [-0.05, 0) is 43.4 Å². The SMILES string of the molecule is CNC(=O)C1=C(C)C=C(Nc2nccc(N3C[C@H](C)CCC[C@H](N)C3)n2)C=NC1. The number of nitrogens with one attached hydrogen (secondary N) is 2. The van der Waals surface area contributed by atoms with E-state index in [2.05, 4.69) is 32.4 Å². The Balaban J connectivity index is 1.79. The third-order valence-corrected chi connectivity index (χ3v) is 5.31. The zero-order chi connectivity index (χ0) is 20.8. The van der Waals surface area contributed by atoms with Crippen molar-refractivity contribution in [2.24, 2.45) is 16.6 Å². The summed E-state index contributed by atoms with van der Waals surface area (Å²) in [5.41, 5.74) is 8.54. The molecule has 8 heteroatoms. The van der Waals surface area contributed by atoms with Gasteiger partial charge in [0.15, 0.2) is 0 Å². The van der Waals surface area contributed by atoms with Crippen LogP contribution >= 0.6 is 0 Å². The van der Waals surface area contributed by atoms with E-state index in [-0.39, 0.29) is 11.9 Å². The first-order valence-electron chi connectivity index (χ1n) is 10.2. The highest BCUT2D eigenvalue weighted by Crippen LogP contribution is 2.21. The highest BCUT2D eigenvalue weighted by atomic mass is 16.1. The lowest BCUT2D eigenvalue weighted by Crippen LogP contribution is -2.42. The topological polar surface area (TPSA) is 109 Å². The molecule has 0 bridgehead atoms. The molecule has 0 spiro atoms. The second-order valence-corrected chi connectivity index (χ2v) is 7.87. The minimum absolute atomic E-state index is 0.113. The molecular formula is C21H31N7O. The summed E-state index contributed by atoms with van der Waals surface area (Å²) in [6.07, 6.45) is 8.77. The molecule has 2 atom stereocenters. The molecule has 2 aliphatic heterocycles. The standard InChI is InChI=1S/C21H31N7O/c1-14-5-4-6-16(22)13-28(12-14)19-7-8-25-21(27-19)26-17-9-15(2)18(11-24-10-17)20(29)23-3/h7-10,14,16H,4-6,11-13,22H2,1-3H3,(H,23,29)(H,25,26,27)/t14-,16+/m1/s1. The first kappa shape index (κ1) is 21.0. The molecule has 4 N–H and O–H groups in total. The van der Waals surface area contributed by atoms with Crippen molar-refractivity contribution in [3.8, 4) is 0 Å². The van der Waals surface area contributed by atoms with E-state index < -0.39 is 0 Å². The van der Waals surface area contributed by atoms with E-state index >= 15 is 0 Å². The summed E-state index contributed by atoms with van der Waals surface area (Å²) in [6, 6.07) is 2.08. The number of aliphatic imine (C=N–C) groups is 1. The number of hydrogen-bond acceptors (Lipinski definition) is 7. The Hall–Kier alpha value is -2.74. The molecular weight excluding hydrogens is 366 g/mol. The zero-order valence-electron chi connectivity index (χ0n) is 17.5. The van der Waals surface area contributed by atoms with Crippen molar-refractivity contribution in [3.05, 3.63) is 35.2 Å². The van der Waals surface area contributed by atoms with E-state index in [4.69, 9.17) is 10.7 Å². The molecule has 3 heterocycles. The van der Waals surface area contributed by atoms with Crippen LogP contribution in [0.2, 0.25) is 0 Å². The molecule has 1 aromatic rings. The molecule has 0 aromatic carbocycles. The summed E-state index contributed by atoms with van der Waals surface area (Å²) in [4.78, 5) is 27.7. The van der Waals surface area contributed by atoms with E-state index in [1.165, 1.54) is 12.8 Å². The van der Waals surface area contributed by atoms with Gasteiger partial charge in [-0.2, -0.15) is 4.98 Å². The average molecular weight is 398 g/mol. The van der Waals surface area contributed by atoms with Crippen molar-refractivity contribution in [1.82, 2.24) is 15.3 Å². The van der Waals surface area contributed by atoms with Crippen molar-refractivity contribution in [3.63, 3.8) is 0 Å². The van der Waals surface area contributed by atoms with Crippen molar-refractivity contribution in [2.45, 2.75) is 39.2 Å². The van der Waals surface area contributed by atoms with E-state index in [1.807, 2.05) is 19.1 Å². The van der Waals surface area contributed by atoms with Gasteiger partial charge >= 0.3 is 0 Å². The van der Waals surface area contributed by atoms with Crippen LogP contribution in [0.25, 0.3) is 0 Å². The summed E-state index contributed by atoms with van der Waals surface area (Å²) in [7, 11) is 1.62. The van der Waals surface area contributed by atoms with Crippen LogP contribution in [-0.4, -0.2) is 54.8 Å². The van der Waals surface area contributed by atoms with Crippen LogP contribution < -0.4 is 21.3 Å². The van der Waals surface area contributed by atoms with Gasteiger partial charge in [-0.25, -0.2) is 4.98 Å². The van der Waals surface area contributed by atoms with Crippen LogP contribution in [0.5, 0.6) is 0 Å². The van der Waals surface area contributed by atoms with Gasteiger partial charge in [0.1, 0.15) is 5.82 Å². The summed E-state index contributed by atoms with van der Waals surface area (Å²) < 4.78 is 0. The number of allylic oxidation sites excluding steroid dienone is 3. The molecule has 1 fully saturated rings. The highest BCUT2D eigenvalue weighted by molar-refractivity contribution is 5.96. The quantitative estimate of drug-likeness (QED) is 0.716. The minimum Gasteiger partial charge on any atom is -0.355 e. The zero-order valence-corrected chi connectivity index (χ0v) is 17.5. The number of carbonyl (C=O) groups is 1. The maximum atomic E-state index is 12.0. The largest absolute Gasteiger partial charge is 0.355 e. The summed E-state index contributed by atoms with van der Waals surface area (Å²) in [5, 5.41) is 5.88. The van der Waals surface area contributed by atoms with Crippen LogP contribution in [0.4, 0.5) is 11.8 Å². The van der Waals surface area contributed by atoms with Crippen LogP contribution in [-0.2, 0) is 4.79 Å². The molecule has 2 aliphatic rings.